The second kappa shape index (κ2) is 8.57. The highest BCUT2D eigenvalue weighted by atomic mass is 16.6. The van der Waals surface area contributed by atoms with Crippen LogP contribution in [0.2, 0.25) is 0 Å². The maximum atomic E-state index is 11.1. The van der Waals surface area contributed by atoms with Gasteiger partial charge in [-0.3, -0.25) is 0 Å². The van der Waals surface area contributed by atoms with E-state index in [9.17, 15) is 4.79 Å². The lowest BCUT2D eigenvalue weighted by atomic mass is 9.80. The maximum absolute atomic E-state index is 11.1. The van der Waals surface area contributed by atoms with E-state index in [0.717, 1.165) is 18.0 Å². The molecular weight excluding hydrogens is 382 g/mol. The first-order chi connectivity index (χ1) is 14.4. The number of primary amides is 1. The van der Waals surface area contributed by atoms with E-state index in [-0.39, 0.29) is 17.8 Å². The van der Waals surface area contributed by atoms with Crippen LogP contribution < -0.4 is 16.5 Å². The third-order valence-corrected chi connectivity index (χ3v) is 6.71. The number of imidazole rings is 1. The number of aromatic nitrogens is 4. The Bertz CT molecular complexity index is 929. The summed E-state index contributed by atoms with van der Waals surface area (Å²) >= 11 is 0. The first-order valence-corrected chi connectivity index (χ1v) is 11.0. The summed E-state index contributed by atoms with van der Waals surface area (Å²) in [7, 11) is 0. The zero-order chi connectivity index (χ0) is 21.3. The monoisotopic (exact) mass is 414 g/mol. The number of fused-ring (bicyclic) bond motifs is 1. The molecule has 162 valence electrons. The van der Waals surface area contributed by atoms with Gasteiger partial charge in [0.2, 0.25) is 0 Å². The van der Waals surface area contributed by atoms with Gasteiger partial charge >= 0.3 is 12.0 Å². The van der Waals surface area contributed by atoms with Crippen molar-refractivity contribution in [3.63, 3.8) is 0 Å². The molecule has 9 nitrogen and oxygen atoms in total. The van der Waals surface area contributed by atoms with Gasteiger partial charge in [0.25, 0.3) is 5.82 Å². The number of nitrogens with two attached hydrogens (primary N) is 2. The number of carbonyl (C=O) groups excluding carboxylic acids is 1. The Morgan fingerprint density at radius 1 is 1.30 bits per heavy atom. The molecule has 9 heteroatoms. The fraction of sp³-hybridized carbons (Fsp3) is 0.667. The molecule has 2 heterocycles. The van der Waals surface area contributed by atoms with Crippen LogP contribution in [0.25, 0.3) is 11.2 Å². The highest BCUT2D eigenvalue weighted by Gasteiger charge is 2.28. The molecule has 2 aromatic heterocycles. The smallest absolute Gasteiger partial charge is 0.365 e. The molecule has 1 atom stereocenters. The van der Waals surface area contributed by atoms with Crippen molar-refractivity contribution >= 4 is 29.0 Å². The van der Waals surface area contributed by atoms with E-state index in [4.69, 9.17) is 15.9 Å². The molecule has 30 heavy (non-hydrogen) atoms. The third kappa shape index (κ3) is 4.39. The summed E-state index contributed by atoms with van der Waals surface area (Å²) in [6.07, 6.45) is 9.54. The average Bonchev–Trinajstić information content (AvgIpc) is 3.04. The SMILES string of the molecule is CC1CCC(Cn2cnc3nc(C(=[NH2+])OC(N)=O)nc(N[C@H](C)C4CCC4)c32)CC1. The van der Waals surface area contributed by atoms with Gasteiger partial charge in [-0.15, -0.1) is 0 Å². The Morgan fingerprint density at radius 2 is 2.03 bits per heavy atom. The first kappa shape index (κ1) is 20.6. The lowest BCUT2D eigenvalue weighted by molar-refractivity contribution is -0.132. The summed E-state index contributed by atoms with van der Waals surface area (Å²) in [5.41, 5.74) is 6.49. The van der Waals surface area contributed by atoms with Gasteiger partial charge in [-0.1, -0.05) is 26.2 Å². The van der Waals surface area contributed by atoms with Gasteiger partial charge in [0.1, 0.15) is 5.52 Å². The number of anilines is 1. The highest BCUT2D eigenvalue weighted by molar-refractivity contribution is 5.95. The van der Waals surface area contributed by atoms with Gasteiger partial charge in [-0.25, -0.2) is 20.2 Å². The molecule has 2 aliphatic rings. The largest absolute Gasteiger partial charge is 0.414 e. The Morgan fingerprint density at radius 3 is 2.67 bits per heavy atom. The molecule has 2 saturated carbocycles. The van der Waals surface area contributed by atoms with Crippen molar-refractivity contribution < 1.29 is 14.9 Å². The van der Waals surface area contributed by atoms with Crippen molar-refractivity contribution in [1.29, 1.82) is 0 Å². The van der Waals surface area contributed by atoms with Gasteiger partial charge < -0.3 is 20.4 Å². The predicted octanol–water partition coefficient (Wildman–Crippen LogP) is 1.85. The molecule has 2 fully saturated rings. The van der Waals surface area contributed by atoms with Crippen LogP contribution in [0, 0.1) is 17.8 Å². The van der Waals surface area contributed by atoms with Gasteiger partial charge in [0.15, 0.2) is 11.5 Å². The van der Waals surface area contributed by atoms with Crippen LogP contribution in [0.15, 0.2) is 6.33 Å². The zero-order valence-corrected chi connectivity index (χ0v) is 17.8. The van der Waals surface area contributed by atoms with Crippen LogP contribution in [-0.2, 0) is 11.3 Å². The quantitative estimate of drug-likeness (QED) is 0.488. The van der Waals surface area contributed by atoms with Crippen LogP contribution in [0.5, 0.6) is 0 Å². The lowest BCUT2D eigenvalue weighted by Crippen LogP contribution is -2.45. The Balaban J connectivity index is 1.65. The summed E-state index contributed by atoms with van der Waals surface area (Å²) < 4.78 is 6.96. The number of carbonyl (C=O) groups is 1. The van der Waals surface area contributed by atoms with E-state index < -0.39 is 6.09 Å². The third-order valence-electron chi connectivity index (χ3n) is 6.71. The minimum absolute atomic E-state index is 0.112. The second-order valence-corrected chi connectivity index (χ2v) is 9.00. The lowest BCUT2D eigenvalue weighted by Gasteiger charge is -2.32. The van der Waals surface area contributed by atoms with Crippen LogP contribution in [0.3, 0.4) is 0 Å². The summed E-state index contributed by atoms with van der Waals surface area (Å²) in [6, 6.07) is 0.266. The van der Waals surface area contributed by atoms with E-state index in [1.807, 2.05) is 6.33 Å². The molecule has 0 unspecified atom stereocenters. The van der Waals surface area contributed by atoms with E-state index >= 15 is 0 Å². The van der Waals surface area contributed by atoms with E-state index in [1.165, 1.54) is 44.9 Å². The van der Waals surface area contributed by atoms with Crippen molar-refractivity contribution in [2.45, 2.75) is 71.4 Å². The molecule has 2 aromatic rings. The number of amides is 1. The average molecular weight is 415 g/mol. The molecule has 0 bridgehead atoms. The minimum atomic E-state index is -0.995. The van der Waals surface area contributed by atoms with E-state index in [0.29, 0.717) is 23.3 Å². The molecule has 0 radical (unpaired) electrons. The topological polar surface area (TPSA) is 134 Å². The summed E-state index contributed by atoms with van der Waals surface area (Å²) in [5.74, 6) is 2.63. The van der Waals surface area contributed by atoms with Crippen LogP contribution in [-0.4, -0.2) is 37.6 Å². The molecule has 0 aliphatic heterocycles. The van der Waals surface area contributed by atoms with Crippen molar-refractivity contribution in [1.82, 2.24) is 19.5 Å². The highest BCUT2D eigenvalue weighted by Crippen LogP contribution is 2.33. The normalized spacial score (nSPS) is 23.0. The summed E-state index contributed by atoms with van der Waals surface area (Å²) in [6.45, 7) is 5.40. The Labute approximate surface area is 176 Å². The number of nitrogens with zero attached hydrogens (tertiary/aromatic N) is 4. The molecule has 0 spiro atoms. The number of hydrogen-bond donors (Lipinski definition) is 3. The van der Waals surface area contributed by atoms with Gasteiger partial charge in [-0.05, 0) is 50.4 Å². The number of ether oxygens (including phenoxy) is 1. The van der Waals surface area contributed by atoms with Gasteiger partial charge in [-0.2, -0.15) is 4.98 Å². The summed E-state index contributed by atoms with van der Waals surface area (Å²) in [5, 5.41) is 9.41. The van der Waals surface area contributed by atoms with E-state index in [1.54, 1.807) is 0 Å². The fourth-order valence-electron chi connectivity index (χ4n) is 4.55. The summed E-state index contributed by atoms with van der Waals surface area (Å²) in [4.78, 5) is 24.6. The Kier molecular flexibility index (Phi) is 5.87. The second-order valence-electron chi connectivity index (χ2n) is 9.00. The molecule has 1 amide bonds. The van der Waals surface area contributed by atoms with Crippen LogP contribution in [0.1, 0.15) is 64.6 Å². The van der Waals surface area contributed by atoms with Crippen molar-refractivity contribution in [3.8, 4) is 0 Å². The molecule has 0 aromatic carbocycles. The van der Waals surface area contributed by atoms with Crippen molar-refractivity contribution in [2.24, 2.45) is 23.5 Å². The Hall–Kier alpha value is -2.71. The number of rotatable bonds is 6. The van der Waals surface area contributed by atoms with Crippen molar-refractivity contribution in [2.75, 3.05) is 5.32 Å². The molecule has 2 aliphatic carbocycles. The number of nitrogens with one attached hydrogen (secondary N) is 1. The minimum Gasteiger partial charge on any atom is -0.365 e. The maximum Gasteiger partial charge on any atom is 0.414 e. The zero-order valence-electron chi connectivity index (χ0n) is 17.8. The van der Waals surface area contributed by atoms with Crippen molar-refractivity contribution in [3.05, 3.63) is 12.2 Å². The molecule has 5 N–H and O–H groups in total. The van der Waals surface area contributed by atoms with Gasteiger partial charge in [0, 0.05) is 12.6 Å². The molecule has 4 rings (SSSR count). The number of hydrogen-bond acceptors (Lipinski definition) is 6. The van der Waals surface area contributed by atoms with Crippen LogP contribution in [0.4, 0.5) is 10.6 Å². The standard InChI is InChI=1S/C21H31N7O2/c1-12-6-8-14(9-7-12)10-28-11-24-18-16(28)19(25-13(2)15-4-3-5-15)27-20(26-18)17(22)30-21(23)29/h11-15,22H,3-10H2,1-2H3,(H2,23,29)(H,25,26,27)/p+1/t12?,13-,14?/m1/s1. The van der Waals surface area contributed by atoms with Gasteiger partial charge in [0.05, 0.1) is 6.33 Å². The molecular formula is C21H32N7O2+. The fourth-order valence-corrected chi connectivity index (χ4v) is 4.55. The molecule has 0 saturated heterocycles. The first-order valence-electron chi connectivity index (χ1n) is 11.0. The predicted molar refractivity (Wildman–Crippen MR) is 114 cm³/mol. The van der Waals surface area contributed by atoms with Crippen LogP contribution >= 0.6 is 0 Å². The van der Waals surface area contributed by atoms with E-state index in [2.05, 4.69) is 38.7 Å².